The lowest BCUT2D eigenvalue weighted by molar-refractivity contribution is 0.377. The molecule has 4 heteroatoms. The first-order chi connectivity index (χ1) is 6.33. The van der Waals surface area contributed by atoms with E-state index in [1.165, 1.54) is 18.5 Å². The van der Waals surface area contributed by atoms with Crippen molar-refractivity contribution in [1.82, 2.24) is 9.55 Å². The Morgan fingerprint density at radius 1 is 1.69 bits per heavy atom. The first kappa shape index (κ1) is 9.21. The number of halogens is 1. The van der Waals surface area contributed by atoms with Crippen LogP contribution in [0.2, 0.25) is 0 Å². The van der Waals surface area contributed by atoms with Crippen molar-refractivity contribution in [3.63, 3.8) is 0 Å². The standard InChI is InChI=1S/C9H14BrN3/c10-9-12-6-8-3-1-2-7(4-5-11)13(8)9/h6-7H,1-5,11H2. The van der Waals surface area contributed by atoms with Crippen molar-refractivity contribution < 1.29 is 0 Å². The molecule has 13 heavy (non-hydrogen) atoms. The molecule has 0 radical (unpaired) electrons. The number of nitrogens with zero attached hydrogens (tertiary/aromatic N) is 2. The Morgan fingerprint density at radius 2 is 2.54 bits per heavy atom. The number of aryl methyl sites for hydroxylation is 1. The summed E-state index contributed by atoms with van der Waals surface area (Å²) in [4.78, 5) is 4.27. The van der Waals surface area contributed by atoms with Crippen LogP contribution in [0.1, 0.15) is 31.0 Å². The molecule has 2 rings (SSSR count). The summed E-state index contributed by atoms with van der Waals surface area (Å²) in [5, 5.41) is 0. The molecule has 0 saturated carbocycles. The molecule has 1 atom stereocenters. The maximum Gasteiger partial charge on any atom is 0.177 e. The summed E-state index contributed by atoms with van der Waals surface area (Å²) in [7, 11) is 0. The summed E-state index contributed by atoms with van der Waals surface area (Å²) in [6, 6.07) is 0.561. The van der Waals surface area contributed by atoms with Gasteiger partial charge in [-0.1, -0.05) is 0 Å². The van der Waals surface area contributed by atoms with Gasteiger partial charge in [-0.2, -0.15) is 0 Å². The van der Waals surface area contributed by atoms with Crippen LogP contribution in [0.25, 0.3) is 0 Å². The number of aromatic nitrogens is 2. The van der Waals surface area contributed by atoms with Gasteiger partial charge in [-0.15, -0.1) is 0 Å². The summed E-state index contributed by atoms with van der Waals surface area (Å²) >= 11 is 3.47. The monoisotopic (exact) mass is 243 g/mol. The minimum atomic E-state index is 0.561. The fourth-order valence-corrected chi connectivity index (χ4v) is 2.67. The number of hydrogen-bond donors (Lipinski definition) is 1. The van der Waals surface area contributed by atoms with E-state index in [-0.39, 0.29) is 0 Å². The highest BCUT2D eigenvalue weighted by Crippen LogP contribution is 2.30. The second-order valence-corrected chi connectivity index (χ2v) is 4.22. The van der Waals surface area contributed by atoms with Crippen molar-refractivity contribution in [3.05, 3.63) is 16.6 Å². The van der Waals surface area contributed by atoms with Crippen LogP contribution in [-0.2, 0) is 6.42 Å². The smallest absolute Gasteiger partial charge is 0.177 e. The zero-order valence-corrected chi connectivity index (χ0v) is 9.13. The van der Waals surface area contributed by atoms with E-state index < -0.39 is 0 Å². The molecule has 1 aromatic heterocycles. The Labute approximate surface area is 86.5 Å². The average molecular weight is 244 g/mol. The molecule has 1 aliphatic rings. The fraction of sp³-hybridized carbons (Fsp3) is 0.667. The topological polar surface area (TPSA) is 43.8 Å². The minimum Gasteiger partial charge on any atom is -0.330 e. The van der Waals surface area contributed by atoms with Crippen LogP contribution in [0.5, 0.6) is 0 Å². The number of hydrogen-bond acceptors (Lipinski definition) is 2. The first-order valence-corrected chi connectivity index (χ1v) is 5.54. The lowest BCUT2D eigenvalue weighted by Gasteiger charge is -2.25. The van der Waals surface area contributed by atoms with Crippen LogP contribution in [-0.4, -0.2) is 16.1 Å². The molecule has 0 saturated heterocycles. The molecule has 2 heterocycles. The molecule has 0 fully saturated rings. The second kappa shape index (κ2) is 3.80. The van der Waals surface area contributed by atoms with Crippen molar-refractivity contribution in [2.75, 3.05) is 6.54 Å². The maximum atomic E-state index is 5.59. The predicted molar refractivity (Wildman–Crippen MR) is 55.6 cm³/mol. The van der Waals surface area contributed by atoms with Crippen molar-refractivity contribution in [2.45, 2.75) is 31.7 Å². The van der Waals surface area contributed by atoms with Crippen molar-refractivity contribution >= 4 is 15.9 Å². The second-order valence-electron chi connectivity index (χ2n) is 3.51. The summed E-state index contributed by atoms with van der Waals surface area (Å²) in [6.45, 7) is 0.759. The Morgan fingerprint density at radius 3 is 3.31 bits per heavy atom. The maximum absolute atomic E-state index is 5.59. The van der Waals surface area contributed by atoms with Gasteiger partial charge in [0.1, 0.15) is 0 Å². The molecule has 0 amide bonds. The quantitative estimate of drug-likeness (QED) is 0.863. The highest BCUT2D eigenvalue weighted by Gasteiger charge is 2.21. The zero-order chi connectivity index (χ0) is 9.26. The lowest BCUT2D eigenvalue weighted by Crippen LogP contribution is -2.20. The van der Waals surface area contributed by atoms with E-state index >= 15 is 0 Å². The molecule has 1 unspecified atom stereocenters. The molecule has 3 nitrogen and oxygen atoms in total. The van der Waals surface area contributed by atoms with Crippen LogP contribution in [0.4, 0.5) is 0 Å². The predicted octanol–water partition coefficient (Wildman–Crippen LogP) is 1.87. The third-order valence-corrected chi connectivity index (χ3v) is 3.25. The summed E-state index contributed by atoms with van der Waals surface area (Å²) in [5.41, 5.74) is 6.93. The molecule has 0 spiro atoms. The van der Waals surface area contributed by atoms with Crippen LogP contribution >= 0.6 is 15.9 Å². The summed E-state index contributed by atoms with van der Waals surface area (Å²) < 4.78 is 3.25. The molecule has 0 aliphatic carbocycles. The average Bonchev–Trinajstić information content (AvgIpc) is 2.50. The van der Waals surface area contributed by atoms with Gasteiger partial charge in [-0.05, 0) is 48.2 Å². The van der Waals surface area contributed by atoms with Gasteiger partial charge in [-0.25, -0.2) is 4.98 Å². The highest BCUT2D eigenvalue weighted by atomic mass is 79.9. The van der Waals surface area contributed by atoms with Gasteiger partial charge in [0.15, 0.2) is 4.73 Å². The number of imidazole rings is 1. The zero-order valence-electron chi connectivity index (χ0n) is 7.54. The molecular formula is C9H14BrN3. The molecule has 1 aliphatic heterocycles. The Kier molecular flexibility index (Phi) is 2.69. The van der Waals surface area contributed by atoms with Crippen LogP contribution < -0.4 is 5.73 Å². The van der Waals surface area contributed by atoms with Crippen LogP contribution in [0.15, 0.2) is 10.9 Å². The largest absolute Gasteiger partial charge is 0.330 e. The van der Waals surface area contributed by atoms with Gasteiger partial charge in [0, 0.05) is 17.9 Å². The van der Waals surface area contributed by atoms with Gasteiger partial charge in [0.2, 0.25) is 0 Å². The Balaban J connectivity index is 2.29. The minimum absolute atomic E-state index is 0.561. The van der Waals surface area contributed by atoms with E-state index in [1.807, 2.05) is 6.20 Å². The van der Waals surface area contributed by atoms with Crippen molar-refractivity contribution in [1.29, 1.82) is 0 Å². The molecule has 1 aromatic rings. The third kappa shape index (κ3) is 1.65. The van der Waals surface area contributed by atoms with Gasteiger partial charge < -0.3 is 10.3 Å². The SMILES string of the molecule is NCCC1CCCc2cnc(Br)n21. The Bertz CT molecular complexity index is 295. The third-order valence-electron chi connectivity index (χ3n) is 2.66. The van der Waals surface area contributed by atoms with E-state index in [2.05, 4.69) is 25.5 Å². The Hall–Kier alpha value is -0.350. The number of nitrogens with two attached hydrogens (primary N) is 1. The highest BCUT2D eigenvalue weighted by molar-refractivity contribution is 9.10. The van der Waals surface area contributed by atoms with Crippen LogP contribution in [0.3, 0.4) is 0 Å². The van der Waals surface area contributed by atoms with Crippen molar-refractivity contribution in [3.8, 4) is 0 Å². The van der Waals surface area contributed by atoms with E-state index in [0.29, 0.717) is 6.04 Å². The van der Waals surface area contributed by atoms with Crippen LogP contribution in [0, 0.1) is 0 Å². The van der Waals surface area contributed by atoms with Crippen molar-refractivity contribution in [2.24, 2.45) is 5.73 Å². The lowest BCUT2D eigenvalue weighted by atomic mass is 10.0. The van der Waals surface area contributed by atoms with Gasteiger partial charge in [0.05, 0.1) is 0 Å². The first-order valence-electron chi connectivity index (χ1n) is 4.74. The molecule has 0 aromatic carbocycles. The van der Waals surface area contributed by atoms with Gasteiger partial charge in [-0.3, -0.25) is 0 Å². The van der Waals surface area contributed by atoms with E-state index in [0.717, 1.165) is 24.1 Å². The number of fused-ring (bicyclic) bond motifs is 1. The number of rotatable bonds is 2. The molecule has 0 bridgehead atoms. The van der Waals surface area contributed by atoms with Gasteiger partial charge in [0.25, 0.3) is 0 Å². The molecule has 72 valence electrons. The van der Waals surface area contributed by atoms with Gasteiger partial charge >= 0.3 is 0 Å². The van der Waals surface area contributed by atoms with E-state index in [4.69, 9.17) is 5.73 Å². The normalized spacial score (nSPS) is 21.5. The molecule has 2 N–H and O–H groups in total. The van der Waals surface area contributed by atoms with E-state index in [9.17, 15) is 0 Å². The summed E-state index contributed by atoms with van der Waals surface area (Å²) in [5.74, 6) is 0. The molecular weight excluding hydrogens is 230 g/mol. The van der Waals surface area contributed by atoms with E-state index in [1.54, 1.807) is 0 Å². The summed E-state index contributed by atoms with van der Waals surface area (Å²) in [6.07, 6.45) is 6.68. The fourth-order valence-electron chi connectivity index (χ4n) is 2.05.